The number of rotatable bonds is 4. The van der Waals surface area contributed by atoms with Crippen LogP contribution in [0, 0.1) is 0 Å². The minimum absolute atomic E-state index is 0.261. The summed E-state index contributed by atoms with van der Waals surface area (Å²) >= 11 is 6.16. The molecule has 36 heavy (non-hydrogen) atoms. The highest BCUT2D eigenvalue weighted by Gasteiger charge is 2.22. The van der Waals surface area contributed by atoms with Crippen LogP contribution in [0.25, 0.3) is 17.7 Å². The number of halogens is 1. The molecule has 5 rings (SSSR count). The first kappa shape index (κ1) is 24.2. The van der Waals surface area contributed by atoms with E-state index in [2.05, 4.69) is 71.9 Å². The number of hydrogen-bond acceptors (Lipinski definition) is 4. The summed E-state index contributed by atoms with van der Waals surface area (Å²) in [6.45, 7) is 2.50. The molecule has 184 valence electrons. The molecule has 0 bridgehead atoms. The molecule has 1 fully saturated rings. The molecule has 0 unspecified atom stereocenters. The fourth-order valence-electron chi connectivity index (χ4n) is 4.98. The molecule has 0 radical (unpaired) electrons. The van der Waals surface area contributed by atoms with Crippen molar-refractivity contribution in [1.82, 2.24) is 10.2 Å². The largest absolute Gasteiger partial charge is 0.496 e. The molecule has 3 aromatic rings. The molecule has 0 atom stereocenters. The van der Waals surface area contributed by atoms with Crippen molar-refractivity contribution in [2.75, 3.05) is 33.0 Å². The Morgan fingerprint density at radius 3 is 2.50 bits per heavy atom. The lowest BCUT2D eigenvalue weighted by Crippen LogP contribution is -2.27. The molecule has 3 N–H and O–H groups in total. The SMILES string of the molecule is COc1cc(N)c(Cl)cc1C(=O)NCc1ccc2c(c1)C(=C1CCN(C)CC1)c1ccccc1C=C2. The number of benzene rings is 3. The van der Waals surface area contributed by atoms with E-state index in [4.69, 9.17) is 22.1 Å². The second kappa shape index (κ2) is 10.2. The van der Waals surface area contributed by atoms with Crippen molar-refractivity contribution < 1.29 is 9.53 Å². The summed E-state index contributed by atoms with van der Waals surface area (Å²) in [7, 11) is 3.69. The number of nitrogens with one attached hydrogen (secondary N) is 1. The third-order valence-electron chi connectivity index (χ3n) is 7.02. The van der Waals surface area contributed by atoms with E-state index in [9.17, 15) is 4.79 Å². The van der Waals surface area contributed by atoms with Crippen molar-refractivity contribution in [3.8, 4) is 5.75 Å². The lowest BCUT2D eigenvalue weighted by atomic mass is 9.85. The number of carbonyl (C=O) groups is 1. The number of amides is 1. The summed E-state index contributed by atoms with van der Waals surface area (Å²) in [5, 5.41) is 3.34. The molecule has 2 aliphatic rings. The summed E-state index contributed by atoms with van der Waals surface area (Å²) in [4.78, 5) is 15.4. The predicted molar refractivity (Wildman–Crippen MR) is 148 cm³/mol. The van der Waals surface area contributed by atoms with Crippen LogP contribution in [-0.2, 0) is 6.54 Å². The van der Waals surface area contributed by atoms with Gasteiger partial charge in [0.1, 0.15) is 5.75 Å². The maximum Gasteiger partial charge on any atom is 0.255 e. The van der Waals surface area contributed by atoms with Crippen molar-refractivity contribution in [2.24, 2.45) is 0 Å². The second-order valence-electron chi connectivity index (χ2n) is 9.38. The lowest BCUT2D eigenvalue weighted by Gasteiger charge is -2.27. The molecule has 1 aliphatic carbocycles. The van der Waals surface area contributed by atoms with Gasteiger partial charge in [-0.05, 0) is 65.4 Å². The monoisotopic (exact) mass is 499 g/mol. The van der Waals surface area contributed by atoms with Crippen LogP contribution < -0.4 is 15.8 Å². The average molecular weight is 500 g/mol. The Balaban J connectivity index is 1.48. The lowest BCUT2D eigenvalue weighted by molar-refractivity contribution is 0.0948. The zero-order chi connectivity index (χ0) is 25.2. The molecule has 6 heteroatoms. The van der Waals surface area contributed by atoms with Gasteiger partial charge in [0.05, 0.1) is 23.4 Å². The van der Waals surface area contributed by atoms with Gasteiger partial charge in [-0.15, -0.1) is 0 Å². The Labute approximate surface area is 217 Å². The highest BCUT2D eigenvalue weighted by Crippen LogP contribution is 2.39. The predicted octanol–water partition coefficient (Wildman–Crippen LogP) is 5.87. The molecule has 1 saturated heterocycles. The summed E-state index contributed by atoms with van der Waals surface area (Å²) < 4.78 is 5.35. The maximum atomic E-state index is 13.0. The summed E-state index contributed by atoms with van der Waals surface area (Å²) in [5.74, 6) is 0.134. The molecule has 1 heterocycles. The minimum atomic E-state index is -0.261. The third-order valence-corrected chi connectivity index (χ3v) is 7.35. The quantitative estimate of drug-likeness (QED) is 0.344. The van der Waals surface area contributed by atoms with Gasteiger partial charge in [-0.3, -0.25) is 4.79 Å². The van der Waals surface area contributed by atoms with Crippen LogP contribution in [0.3, 0.4) is 0 Å². The number of nitrogen functional groups attached to an aromatic ring is 1. The number of carbonyl (C=O) groups excluding carboxylic acids is 1. The summed E-state index contributed by atoms with van der Waals surface area (Å²) in [6.07, 6.45) is 6.51. The van der Waals surface area contributed by atoms with Crippen molar-refractivity contribution in [2.45, 2.75) is 19.4 Å². The van der Waals surface area contributed by atoms with Crippen molar-refractivity contribution in [3.63, 3.8) is 0 Å². The molecule has 1 aliphatic heterocycles. The Bertz CT molecular complexity index is 1380. The number of likely N-dealkylation sites (tertiary alicyclic amines) is 1. The van der Waals surface area contributed by atoms with E-state index in [1.807, 2.05) is 0 Å². The van der Waals surface area contributed by atoms with Crippen LogP contribution in [0.2, 0.25) is 5.02 Å². The minimum Gasteiger partial charge on any atom is -0.496 e. The number of nitrogens with two attached hydrogens (primary N) is 1. The highest BCUT2D eigenvalue weighted by molar-refractivity contribution is 6.33. The summed E-state index contributed by atoms with van der Waals surface area (Å²) in [6, 6.07) is 18.2. The number of ether oxygens (including phenoxy) is 1. The molecule has 0 saturated carbocycles. The van der Waals surface area contributed by atoms with Gasteiger partial charge in [0, 0.05) is 25.7 Å². The van der Waals surface area contributed by atoms with E-state index in [0.717, 1.165) is 31.5 Å². The number of methoxy groups -OCH3 is 1. The van der Waals surface area contributed by atoms with Crippen molar-refractivity contribution in [1.29, 1.82) is 0 Å². The van der Waals surface area contributed by atoms with Crippen LogP contribution >= 0.6 is 11.6 Å². The fourth-order valence-corrected chi connectivity index (χ4v) is 5.15. The van der Waals surface area contributed by atoms with E-state index >= 15 is 0 Å². The molecular formula is C30H30ClN3O2. The normalized spacial score (nSPS) is 15.2. The fraction of sp³-hybridized carbons (Fsp3) is 0.233. The second-order valence-corrected chi connectivity index (χ2v) is 9.79. The van der Waals surface area contributed by atoms with Gasteiger partial charge >= 0.3 is 0 Å². The number of piperidine rings is 1. The Morgan fingerprint density at radius 1 is 1.03 bits per heavy atom. The van der Waals surface area contributed by atoms with Gasteiger partial charge in [0.15, 0.2) is 0 Å². The van der Waals surface area contributed by atoms with E-state index < -0.39 is 0 Å². The van der Waals surface area contributed by atoms with Crippen LogP contribution in [0.5, 0.6) is 5.75 Å². The number of hydrogen-bond donors (Lipinski definition) is 2. The van der Waals surface area contributed by atoms with E-state index in [1.165, 1.54) is 40.5 Å². The first-order valence-electron chi connectivity index (χ1n) is 12.2. The van der Waals surface area contributed by atoms with Crippen molar-refractivity contribution >= 4 is 40.9 Å². The molecular weight excluding hydrogens is 470 g/mol. The Hall–Kier alpha value is -3.54. The van der Waals surface area contributed by atoms with Gasteiger partial charge in [-0.2, -0.15) is 0 Å². The number of nitrogens with zero attached hydrogens (tertiary/aromatic N) is 1. The Morgan fingerprint density at radius 2 is 1.75 bits per heavy atom. The molecule has 0 spiro atoms. The van der Waals surface area contributed by atoms with Gasteiger partial charge in [0.25, 0.3) is 5.91 Å². The van der Waals surface area contributed by atoms with Crippen LogP contribution in [-0.4, -0.2) is 38.1 Å². The highest BCUT2D eigenvalue weighted by atomic mass is 35.5. The van der Waals surface area contributed by atoms with Crippen LogP contribution in [0.1, 0.15) is 51.0 Å². The van der Waals surface area contributed by atoms with Gasteiger partial charge < -0.3 is 20.7 Å². The van der Waals surface area contributed by atoms with Gasteiger partial charge in [-0.25, -0.2) is 0 Å². The molecule has 0 aromatic heterocycles. The average Bonchev–Trinajstić information content (AvgIpc) is 3.05. The van der Waals surface area contributed by atoms with E-state index in [0.29, 0.717) is 28.6 Å². The van der Waals surface area contributed by atoms with Crippen molar-refractivity contribution in [3.05, 3.63) is 98.6 Å². The first-order valence-corrected chi connectivity index (χ1v) is 12.5. The van der Waals surface area contributed by atoms with Gasteiger partial charge in [-0.1, -0.05) is 65.7 Å². The van der Waals surface area contributed by atoms with E-state index in [-0.39, 0.29) is 5.91 Å². The first-order chi connectivity index (χ1) is 17.4. The maximum absolute atomic E-state index is 13.0. The zero-order valence-corrected chi connectivity index (χ0v) is 21.4. The standard InChI is InChI=1S/C30H30ClN3O2/c1-34-13-11-22(12-14-34)29-23-6-4-3-5-20(23)9-10-21-8-7-19(15-24(21)29)18-33-30(35)25-16-26(31)27(32)17-28(25)36-2/h3-10,15-17H,11-14,18,32H2,1-2H3,(H,33,35). The van der Waals surface area contributed by atoms with Gasteiger partial charge in [0.2, 0.25) is 0 Å². The Kier molecular flexibility index (Phi) is 6.86. The van der Waals surface area contributed by atoms with E-state index in [1.54, 1.807) is 12.1 Å². The zero-order valence-electron chi connectivity index (χ0n) is 20.6. The molecule has 5 nitrogen and oxygen atoms in total. The third kappa shape index (κ3) is 4.77. The van der Waals surface area contributed by atoms with Crippen LogP contribution in [0.4, 0.5) is 5.69 Å². The summed E-state index contributed by atoms with van der Waals surface area (Å²) in [5.41, 5.74) is 15.4. The smallest absolute Gasteiger partial charge is 0.255 e. The molecule has 3 aromatic carbocycles. The number of anilines is 1. The topological polar surface area (TPSA) is 67.6 Å². The molecule has 1 amide bonds. The number of fused-ring (bicyclic) bond motifs is 2. The van der Waals surface area contributed by atoms with Crippen LogP contribution in [0.15, 0.2) is 60.2 Å².